The molecule has 0 saturated heterocycles. The Labute approximate surface area is 171 Å². The van der Waals surface area contributed by atoms with Gasteiger partial charge in [-0.25, -0.2) is 9.37 Å². The van der Waals surface area contributed by atoms with Gasteiger partial charge in [0, 0.05) is 19.3 Å². The fourth-order valence-corrected chi connectivity index (χ4v) is 3.31. The number of nitrogens with one attached hydrogen (secondary N) is 1. The first-order chi connectivity index (χ1) is 14.0. The third kappa shape index (κ3) is 3.97. The maximum absolute atomic E-state index is 14.0. The predicted octanol–water partition coefficient (Wildman–Crippen LogP) is 2.66. The molecule has 1 aliphatic heterocycles. The van der Waals surface area contributed by atoms with Crippen LogP contribution in [0.2, 0.25) is 5.15 Å². The summed E-state index contributed by atoms with van der Waals surface area (Å²) in [4.78, 5) is 30.9. The second-order valence-electron chi connectivity index (χ2n) is 6.61. The number of aromatic nitrogens is 3. The van der Waals surface area contributed by atoms with Crippen LogP contribution in [0.3, 0.4) is 0 Å². The highest BCUT2D eigenvalue weighted by Gasteiger charge is 2.28. The Hall–Kier alpha value is -3.26. The monoisotopic (exact) mass is 413 g/mol. The Bertz CT molecular complexity index is 1070. The Morgan fingerprint density at radius 1 is 1.10 bits per heavy atom. The molecule has 0 spiro atoms. The number of pyridine rings is 1. The van der Waals surface area contributed by atoms with Gasteiger partial charge in [0.05, 0.1) is 36.1 Å². The van der Waals surface area contributed by atoms with Crippen LogP contribution in [-0.4, -0.2) is 38.0 Å². The van der Waals surface area contributed by atoms with E-state index in [2.05, 4.69) is 15.4 Å². The molecule has 148 valence electrons. The van der Waals surface area contributed by atoms with Crippen LogP contribution in [0.1, 0.15) is 32.0 Å². The van der Waals surface area contributed by atoms with Gasteiger partial charge in [-0.15, -0.1) is 0 Å². The number of carbonyl (C=O) groups excluding carboxylic acids is 2. The highest BCUT2D eigenvalue weighted by molar-refractivity contribution is 6.29. The van der Waals surface area contributed by atoms with E-state index in [0.29, 0.717) is 29.5 Å². The molecule has 1 aromatic carbocycles. The van der Waals surface area contributed by atoms with Crippen molar-refractivity contribution in [2.24, 2.45) is 0 Å². The molecule has 7 nitrogen and oxygen atoms in total. The number of fused-ring (bicyclic) bond motifs is 1. The maximum Gasteiger partial charge on any atom is 0.257 e. The van der Waals surface area contributed by atoms with Gasteiger partial charge in [-0.1, -0.05) is 29.8 Å². The molecule has 9 heteroatoms. The Morgan fingerprint density at radius 2 is 1.93 bits per heavy atom. The van der Waals surface area contributed by atoms with Crippen LogP contribution >= 0.6 is 11.6 Å². The molecule has 0 saturated carbocycles. The first-order valence-electron chi connectivity index (χ1n) is 9.00. The first-order valence-corrected chi connectivity index (χ1v) is 9.38. The molecule has 0 bridgehead atoms. The van der Waals surface area contributed by atoms with Crippen LogP contribution in [-0.2, 0) is 19.6 Å². The Morgan fingerprint density at radius 3 is 2.69 bits per heavy atom. The number of rotatable bonds is 4. The standard InChI is InChI=1S/C20H17ClFN5O2/c21-18-6-5-13(9-23-18)10-24-19(28)15-11-25-27-8-7-26(12-17(15)27)20(29)14-3-1-2-4-16(14)22/h1-6,9,11H,7-8,10,12H2,(H,24,28). The van der Waals surface area contributed by atoms with E-state index in [4.69, 9.17) is 11.6 Å². The van der Waals surface area contributed by atoms with Crippen molar-refractivity contribution in [1.82, 2.24) is 25.0 Å². The zero-order valence-electron chi connectivity index (χ0n) is 15.3. The van der Waals surface area contributed by atoms with Crippen molar-refractivity contribution in [3.63, 3.8) is 0 Å². The van der Waals surface area contributed by atoms with Crippen LogP contribution in [0.5, 0.6) is 0 Å². The molecule has 3 aromatic rings. The highest BCUT2D eigenvalue weighted by atomic mass is 35.5. The summed E-state index contributed by atoms with van der Waals surface area (Å²) < 4.78 is 15.7. The zero-order chi connectivity index (χ0) is 20.4. The molecular formula is C20H17ClFN5O2. The topological polar surface area (TPSA) is 80.1 Å². The van der Waals surface area contributed by atoms with Crippen molar-refractivity contribution >= 4 is 23.4 Å². The number of halogens is 2. The number of hydrogen-bond acceptors (Lipinski definition) is 4. The van der Waals surface area contributed by atoms with Crippen LogP contribution < -0.4 is 5.32 Å². The molecule has 0 fully saturated rings. The van der Waals surface area contributed by atoms with E-state index in [9.17, 15) is 14.0 Å². The molecule has 1 N–H and O–H groups in total. The zero-order valence-corrected chi connectivity index (χ0v) is 16.1. The first kappa shape index (κ1) is 19.1. The van der Waals surface area contributed by atoms with E-state index >= 15 is 0 Å². The molecule has 0 radical (unpaired) electrons. The molecular weight excluding hydrogens is 397 g/mol. The van der Waals surface area contributed by atoms with E-state index in [1.54, 1.807) is 29.1 Å². The minimum atomic E-state index is -0.564. The maximum atomic E-state index is 14.0. The second-order valence-corrected chi connectivity index (χ2v) is 6.99. The fraction of sp³-hybridized carbons (Fsp3) is 0.200. The van der Waals surface area contributed by atoms with Gasteiger partial charge in [0.25, 0.3) is 11.8 Å². The summed E-state index contributed by atoms with van der Waals surface area (Å²) in [5, 5.41) is 7.44. The Kier molecular flexibility index (Phi) is 5.26. The summed E-state index contributed by atoms with van der Waals surface area (Å²) in [6.45, 7) is 1.28. The summed E-state index contributed by atoms with van der Waals surface area (Å²) in [7, 11) is 0. The van der Waals surface area contributed by atoms with Crippen molar-refractivity contribution in [2.45, 2.75) is 19.6 Å². The normalized spacial score (nSPS) is 13.1. The van der Waals surface area contributed by atoms with E-state index in [0.717, 1.165) is 5.56 Å². The molecule has 4 rings (SSSR count). The van der Waals surface area contributed by atoms with Crippen LogP contribution in [0.25, 0.3) is 0 Å². The number of hydrogen-bond donors (Lipinski definition) is 1. The highest BCUT2D eigenvalue weighted by Crippen LogP contribution is 2.20. The number of nitrogens with zero attached hydrogens (tertiary/aromatic N) is 4. The van der Waals surface area contributed by atoms with Gasteiger partial charge < -0.3 is 10.2 Å². The molecule has 2 amide bonds. The van der Waals surface area contributed by atoms with E-state index < -0.39 is 11.7 Å². The summed E-state index contributed by atoms with van der Waals surface area (Å²) in [6.07, 6.45) is 3.08. The molecule has 0 atom stereocenters. The van der Waals surface area contributed by atoms with Gasteiger partial charge in [0.15, 0.2) is 0 Å². The van der Waals surface area contributed by atoms with Crippen molar-refractivity contribution in [3.8, 4) is 0 Å². The van der Waals surface area contributed by atoms with Gasteiger partial charge in [-0.2, -0.15) is 5.10 Å². The molecule has 1 aliphatic rings. The predicted molar refractivity (Wildman–Crippen MR) is 104 cm³/mol. The van der Waals surface area contributed by atoms with Crippen molar-refractivity contribution in [1.29, 1.82) is 0 Å². The Balaban J connectivity index is 1.48. The molecule has 29 heavy (non-hydrogen) atoms. The lowest BCUT2D eigenvalue weighted by Gasteiger charge is -2.28. The molecule has 0 unspecified atom stereocenters. The lowest BCUT2D eigenvalue weighted by Crippen LogP contribution is -2.39. The fourth-order valence-electron chi connectivity index (χ4n) is 3.20. The largest absolute Gasteiger partial charge is 0.348 e. The van der Waals surface area contributed by atoms with Crippen LogP contribution in [0, 0.1) is 5.82 Å². The van der Waals surface area contributed by atoms with Gasteiger partial charge >= 0.3 is 0 Å². The van der Waals surface area contributed by atoms with Gasteiger partial charge in [0.2, 0.25) is 0 Å². The number of benzene rings is 1. The number of carbonyl (C=O) groups is 2. The minimum Gasteiger partial charge on any atom is -0.348 e. The average Bonchev–Trinajstić information content (AvgIpc) is 3.16. The smallest absolute Gasteiger partial charge is 0.257 e. The quantitative estimate of drug-likeness (QED) is 0.667. The van der Waals surface area contributed by atoms with E-state index in [-0.39, 0.29) is 24.6 Å². The molecule has 0 aliphatic carbocycles. The number of amides is 2. The lowest BCUT2D eigenvalue weighted by atomic mass is 10.1. The summed E-state index contributed by atoms with van der Waals surface area (Å²) in [5.74, 6) is -1.28. The summed E-state index contributed by atoms with van der Waals surface area (Å²) >= 11 is 5.76. The van der Waals surface area contributed by atoms with Crippen molar-refractivity contribution in [3.05, 3.63) is 82.1 Å². The lowest BCUT2D eigenvalue weighted by molar-refractivity contribution is 0.0698. The molecule has 3 heterocycles. The minimum absolute atomic E-state index is 0.0155. The van der Waals surface area contributed by atoms with Gasteiger partial charge in [-0.05, 0) is 23.8 Å². The van der Waals surface area contributed by atoms with Gasteiger partial charge in [-0.3, -0.25) is 14.3 Å². The summed E-state index contributed by atoms with van der Waals surface area (Å²) in [5.41, 5.74) is 1.83. The summed E-state index contributed by atoms with van der Waals surface area (Å²) in [6, 6.07) is 9.29. The van der Waals surface area contributed by atoms with Crippen molar-refractivity contribution < 1.29 is 14.0 Å². The van der Waals surface area contributed by atoms with E-state index in [1.165, 1.54) is 29.3 Å². The SMILES string of the molecule is O=C(NCc1ccc(Cl)nc1)c1cnn2c1CN(C(=O)c1ccccc1F)CC2. The average molecular weight is 414 g/mol. The third-order valence-corrected chi connectivity index (χ3v) is 4.97. The second kappa shape index (κ2) is 8.00. The van der Waals surface area contributed by atoms with E-state index in [1.807, 2.05) is 0 Å². The van der Waals surface area contributed by atoms with Crippen molar-refractivity contribution in [2.75, 3.05) is 6.54 Å². The molecule has 2 aromatic heterocycles. The van der Waals surface area contributed by atoms with Crippen LogP contribution in [0.15, 0.2) is 48.8 Å². The third-order valence-electron chi connectivity index (χ3n) is 4.75. The van der Waals surface area contributed by atoms with Gasteiger partial charge in [0.1, 0.15) is 11.0 Å². The van der Waals surface area contributed by atoms with Crippen LogP contribution in [0.4, 0.5) is 4.39 Å².